The van der Waals surface area contributed by atoms with Crippen molar-refractivity contribution in [3.8, 4) is 17.2 Å². The number of nitrogens with zero attached hydrogens (tertiary/aromatic N) is 7. The Balaban J connectivity index is 1.49. The van der Waals surface area contributed by atoms with Crippen molar-refractivity contribution >= 4 is 28.9 Å². The molecule has 11 nitrogen and oxygen atoms in total. The molecule has 0 spiro atoms. The van der Waals surface area contributed by atoms with Gasteiger partial charge in [0.15, 0.2) is 0 Å². The molecule has 5 N–H and O–H groups in total. The van der Waals surface area contributed by atoms with E-state index in [1.165, 1.54) is 18.6 Å². The van der Waals surface area contributed by atoms with Gasteiger partial charge in [-0.25, -0.2) is 19.5 Å². The van der Waals surface area contributed by atoms with Crippen molar-refractivity contribution in [1.82, 2.24) is 24.6 Å². The topological polar surface area (TPSA) is 164 Å². The third-order valence-corrected chi connectivity index (χ3v) is 6.37. The maximum absolute atomic E-state index is 12.3. The molecule has 4 aromatic heterocycles. The van der Waals surface area contributed by atoms with E-state index >= 15 is 0 Å². The average Bonchev–Trinajstić information content (AvgIpc) is 3.49. The van der Waals surface area contributed by atoms with E-state index in [0.29, 0.717) is 35.1 Å². The van der Waals surface area contributed by atoms with Crippen LogP contribution in [-0.4, -0.2) is 49.6 Å². The average molecular weight is 469 g/mol. The van der Waals surface area contributed by atoms with Gasteiger partial charge < -0.3 is 21.7 Å². The van der Waals surface area contributed by atoms with Crippen molar-refractivity contribution in [2.45, 2.75) is 19.4 Å². The molecule has 1 aliphatic heterocycles. The lowest BCUT2D eigenvalue weighted by Gasteiger charge is -2.21. The van der Waals surface area contributed by atoms with Crippen LogP contribution >= 0.6 is 0 Å². The normalized spacial score (nSPS) is 17.4. The molecule has 11 heteroatoms. The van der Waals surface area contributed by atoms with Crippen molar-refractivity contribution in [2.75, 3.05) is 29.0 Å². The molecule has 4 aromatic rings. The molecule has 176 valence electrons. The second kappa shape index (κ2) is 8.90. The summed E-state index contributed by atoms with van der Waals surface area (Å²) in [5, 5.41) is 17.0. The predicted molar refractivity (Wildman–Crippen MR) is 132 cm³/mol. The third kappa shape index (κ3) is 4.17. The van der Waals surface area contributed by atoms with Crippen molar-refractivity contribution in [3.63, 3.8) is 0 Å². The molecule has 0 aromatic carbocycles. The van der Waals surface area contributed by atoms with Crippen LogP contribution in [0.3, 0.4) is 0 Å². The van der Waals surface area contributed by atoms with Crippen molar-refractivity contribution in [2.24, 2.45) is 11.7 Å². The van der Waals surface area contributed by atoms with Crippen LogP contribution in [0.2, 0.25) is 0 Å². The van der Waals surface area contributed by atoms with E-state index in [9.17, 15) is 4.79 Å². The Morgan fingerprint density at radius 1 is 1.17 bits per heavy atom. The molecule has 0 saturated carbocycles. The molecule has 0 bridgehead atoms. The number of nitrogens with two attached hydrogens (primary N) is 2. The fraction of sp³-hybridized carbons (Fsp3) is 0.250. The minimum Gasteiger partial charge on any atom is -0.384 e. The van der Waals surface area contributed by atoms with E-state index in [-0.39, 0.29) is 12.0 Å². The molecule has 5 heterocycles. The highest BCUT2D eigenvalue weighted by atomic mass is 16.1. The third-order valence-electron chi connectivity index (χ3n) is 6.37. The van der Waals surface area contributed by atoms with Crippen molar-refractivity contribution in [1.29, 1.82) is 5.26 Å². The van der Waals surface area contributed by atoms with Crippen LogP contribution in [0.15, 0.2) is 49.2 Å². The van der Waals surface area contributed by atoms with Gasteiger partial charge in [-0.05, 0) is 30.5 Å². The van der Waals surface area contributed by atoms with E-state index in [1.54, 1.807) is 16.8 Å². The molecule has 1 saturated heterocycles. The second-order valence-corrected chi connectivity index (χ2v) is 8.54. The number of aromatic nitrogens is 5. The van der Waals surface area contributed by atoms with Crippen LogP contribution in [0.25, 0.3) is 16.6 Å². The number of amides is 1. The SMILES string of the molecule is CC[C@H]1CN(c2ncc(C#N)cn2)C[C@H]1Nc1c(C(N)=O)cnn2cc(-c3ccc(N)nc3)cc12. The first-order chi connectivity index (χ1) is 17.0. The molecular formula is C24H24N10O. The molecule has 0 radical (unpaired) electrons. The Bertz CT molecular complexity index is 1420. The summed E-state index contributed by atoms with van der Waals surface area (Å²) in [6.45, 7) is 3.51. The highest BCUT2D eigenvalue weighted by molar-refractivity contribution is 6.02. The number of carbonyl (C=O) groups is 1. The first kappa shape index (κ1) is 22.1. The summed E-state index contributed by atoms with van der Waals surface area (Å²) in [4.78, 5) is 27.2. The van der Waals surface area contributed by atoms with Gasteiger partial charge in [0.05, 0.1) is 40.9 Å². The number of hydrogen-bond acceptors (Lipinski definition) is 9. The van der Waals surface area contributed by atoms with Crippen LogP contribution in [0.4, 0.5) is 17.5 Å². The van der Waals surface area contributed by atoms with Crippen LogP contribution in [-0.2, 0) is 0 Å². The molecule has 1 fully saturated rings. The van der Waals surface area contributed by atoms with Gasteiger partial charge in [0.1, 0.15) is 11.9 Å². The quantitative estimate of drug-likeness (QED) is 0.384. The molecule has 0 aliphatic carbocycles. The minimum absolute atomic E-state index is 0.0140. The van der Waals surface area contributed by atoms with Crippen molar-refractivity contribution < 1.29 is 4.79 Å². The Morgan fingerprint density at radius 3 is 2.63 bits per heavy atom. The number of anilines is 3. The van der Waals surface area contributed by atoms with Gasteiger partial charge in [-0.15, -0.1) is 0 Å². The fourth-order valence-corrected chi connectivity index (χ4v) is 4.47. The fourth-order valence-electron chi connectivity index (χ4n) is 4.47. The van der Waals surface area contributed by atoms with Crippen LogP contribution in [0.5, 0.6) is 0 Å². The van der Waals surface area contributed by atoms with Crippen molar-refractivity contribution in [3.05, 3.63) is 60.3 Å². The zero-order chi connectivity index (χ0) is 24.5. The molecule has 35 heavy (non-hydrogen) atoms. The highest BCUT2D eigenvalue weighted by Crippen LogP contribution is 2.32. The van der Waals surface area contributed by atoms with Gasteiger partial charge in [-0.1, -0.05) is 6.92 Å². The summed E-state index contributed by atoms with van der Waals surface area (Å²) in [6.07, 6.45) is 9.03. The molecular weight excluding hydrogens is 444 g/mol. The molecule has 5 rings (SSSR count). The van der Waals surface area contributed by atoms with Gasteiger partial charge in [-0.3, -0.25) is 4.79 Å². The zero-order valence-corrected chi connectivity index (χ0v) is 19.1. The summed E-state index contributed by atoms with van der Waals surface area (Å²) >= 11 is 0. The minimum atomic E-state index is -0.558. The smallest absolute Gasteiger partial charge is 0.252 e. The van der Waals surface area contributed by atoms with Crippen LogP contribution < -0.4 is 21.7 Å². The number of primary amides is 1. The zero-order valence-electron chi connectivity index (χ0n) is 19.1. The first-order valence-corrected chi connectivity index (χ1v) is 11.2. The maximum Gasteiger partial charge on any atom is 0.252 e. The lowest BCUT2D eigenvalue weighted by atomic mass is 10.00. The number of rotatable bonds is 6. The number of pyridine rings is 1. The standard InChI is InChI=1S/C24H24N10O/c1-2-15-11-33(24-29-7-14(6-25)8-30-24)13-19(15)32-22-18(23(27)35)10-31-34-12-17(5-20(22)34)16-3-4-21(26)28-9-16/h3-5,7-10,12,15,19,32H,2,11,13H2,1H3,(H2,26,28)(H2,27,35)/t15-,19+/m0/s1. The van der Waals surface area contributed by atoms with E-state index in [2.05, 4.69) is 37.2 Å². The van der Waals surface area contributed by atoms with Gasteiger partial charge in [-0.2, -0.15) is 10.4 Å². The lowest BCUT2D eigenvalue weighted by molar-refractivity contribution is 0.100. The molecule has 2 atom stereocenters. The predicted octanol–water partition coefficient (Wildman–Crippen LogP) is 2.07. The van der Waals surface area contributed by atoms with Gasteiger partial charge in [0, 0.05) is 42.7 Å². The summed E-state index contributed by atoms with van der Waals surface area (Å²) in [5.74, 6) is 0.732. The summed E-state index contributed by atoms with van der Waals surface area (Å²) in [6, 6.07) is 7.63. The van der Waals surface area contributed by atoms with E-state index in [4.69, 9.17) is 16.7 Å². The van der Waals surface area contributed by atoms with Gasteiger partial charge >= 0.3 is 0 Å². The Labute approximate surface area is 201 Å². The number of nitrogens with one attached hydrogen (secondary N) is 1. The summed E-state index contributed by atoms with van der Waals surface area (Å²) in [5.41, 5.74) is 15.3. The Kier molecular flexibility index (Phi) is 5.62. The number of hydrogen-bond donors (Lipinski definition) is 3. The molecule has 0 unspecified atom stereocenters. The van der Waals surface area contributed by atoms with Gasteiger partial charge in [0.2, 0.25) is 5.95 Å². The maximum atomic E-state index is 12.3. The lowest BCUT2D eigenvalue weighted by Crippen LogP contribution is -2.31. The van der Waals surface area contributed by atoms with E-state index in [1.807, 2.05) is 24.4 Å². The van der Waals surface area contributed by atoms with Crippen LogP contribution in [0, 0.1) is 17.2 Å². The number of fused-ring (bicyclic) bond motifs is 1. The second-order valence-electron chi connectivity index (χ2n) is 8.54. The molecule has 1 amide bonds. The van der Waals surface area contributed by atoms with Crippen LogP contribution in [0.1, 0.15) is 29.3 Å². The molecule has 1 aliphatic rings. The monoisotopic (exact) mass is 468 g/mol. The largest absolute Gasteiger partial charge is 0.384 e. The first-order valence-electron chi connectivity index (χ1n) is 11.2. The Hall–Kier alpha value is -4.72. The number of carbonyl (C=O) groups excluding carboxylic acids is 1. The Morgan fingerprint density at radius 2 is 1.97 bits per heavy atom. The summed E-state index contributed by atoms with van der Waals surface area (Å²) < 4.78 is 1.72. The van der Waals surface area contributed by atoms with E-state index < -0.39 is 5.91 Å². The number of nitriles is 1. The number of nitrogen functional groups attached to an aromatic ring is 1. The van der Waals surface area contributed by atoms with Gasteiger partial charge in [0.25, 0.3) is 5.91 Å². The summed E-state index contributed by atoms with van der Waals surface area (Å²) in [7, 11) is 0. The van der Waals surface area contributed by atoms with E-state index in [0.717, 1.165) is 29.6 Å². The highest BCUT2D eigenvalue weighted by Gasteiger charge is 2.34.